The van der Waals surface area contributed by atoms with Crippen molar-refractivity contribution in [3.05, 3.63) is 27.9 Å². The number of carbonyl (C=O) groups excluding carboxylic acids is 1. The number of rotatable bonds is 3. The second-order valence-electron chi connectivity index (χ2n) is 3.96. The highest BCUT2D eigenvalue weighted by atomic mass is 16.6. The summed E-state index contributed by atoms with van der Waals surface area (Å²) < 4.78 is 0. The molecule has 0 saturated carbocycles. The van der Waals surface area contributed by atoms with E-state index in [1.54, 1.807) is 13.0 Å². The first-order valence-corrected chi connectivity index (χ1v) is 5.20. The van der Waals surface area contributed by atoms with E-state index in [9.17, 15) is 14.9 Å². The Hall–Kier alpha value is -2.18. The van der Waals surface area contributed by atoms with E-state index in [-0.39, 0.29) is 17.6 Å². The first-order chi connectivity index (χ1) is 8.06. The van der Waals surface area contributed by atoms with E-state index in [1.807, 2.05) is 0 Å². The lowest BCUT2D eigenvalue weighted by atomic mass is 10.2. The molecule has 1 fully saturated rings. The van der Waals surface area contributed by atoms with Crippen LogP contribution in [-0.2, 0) is 4.79 Å². The minimum atomic E-state index is -0.466. The van der Waals surface area contributed by atoms with Gasteiger partial charge in [0.05, 0.1) is 11.0 Å². The topological polar surface area (TPSA) is 97.2 Å². The van der Waals surface area contributed by atoms with Gasteiger partial charge in [-0.15, -0.1) is 0 Å². The first kappa shape index (κ1) is 11.3. The van der Waals surface area contributed by atoms with Crippen LogP contribution in [0.5, 0.6) is 0 Å². The number of amides is 1. The Balaban J connectivity index is 2.10. The minimum absolute atomic E-state index is 0.00105. The maximum atomic E-state index is 11.0. The van der Waals surface area contributed by atoms with Crippen LogP contribution in [0.1, 0.15) is 12.0 Å². The van der Waals surface area contributed by atoms with Crippen molar-refractivity contribution >= 4 is 17.4 Å². The van der Waals surface area contributed by atoms with Crippen molar-refractivity contribution in [1.29, 1.82) is 0 Å². The molecular weight excluding hydrogens is 224 g/mol. The predicted molar refractivity (Wildman–Crippen MR) is 60.7 cm³/mol. The van der Waals surface area contributed by atoms with Crippen LogP contribution < -0.4 is 10.6 Å². The van der Waals surface area contributed by atoms with E-state index >= 15 is 0 Å². The van der Waals surface area contributed by atoms with Gasteiger partial charge in [-0.1, -0.05) is 0 Å². The number of carbonyl (C=O) groups is 1. The van der Waals surface area contributed by atoms with Gasteiger partial charge in [-0.25, -0.2) is 4.98 Å². The molecule has 1 aliphatic rings. The number of hydrogen-bond donors (Lipinski definition) is 2. The second kappa shape index (κ2) is 4.36. The third kappa shape index (κ3) is 2.49. The maximum Gasteiger partial charge on any atom is 0.290 e. The summed E-state index contributed by atoms with van der Waals surface area (Å²) in [4.78, 5) is 25.1. The van der Waals surface area contributed by atoms with Gasteiger partial charge >= 0.3 is 0 Å². The summed E-state index contributed by atoms with van der Waals surface area (Å²) in [6.07, 6.45) is 1.62. The van der Waals surface area contributed by atoms with Gasteiger partial charge in [0.1, 0.15) is 12.0 Å². The van der Waals surface area contributed by atoms with Crippen molar-refractivity contribution in [2.45, 2.75) is 19.4 Å². The van der Waals surface area contributed by atoms with Gasteiger partial charge in [-0.3, -0.25) is 14.9 Å². The van der Waals surface area contributed by atoms with Crippen LogP contribution in [0.3, 0.4) is 0 Å². The van der Waals surface area contributed by atoms with Crippen LogP contribution in [0.15, 0.2) is 12.3 Å². The number of nitrogens with one attached hydrogen (secondary N) is 2. The van der Waals surface area contributed by atoms with Gasteiger partial charge in [-0.2, -0.15) is 0 Å². The average molecular weight is 236 g/mol. The number of aryl methyl sites for hydroxylation is 1. The van der Waals surface area contributed by atoms with E-state index in [0.29, 0.717) is 24.3 Å². The smallest absolute Gasteiger partial charge is 0.290 e. The molecule has 1 amide bonds. The Morgan fingerprint density at radius 3 is 2.94 bits per heavy atom. The molecule has 17 heavy (non-hydrogen) atoms. The monoisotopic (exact) mass is 236 g/mol. The van der Waals surface area contributed by atoms with Gasteiger partial charge in [0.2, 0.25) is 5.91 Å². The van der Waals surface area contributed by atoms with E-state index in [1.165, 1.54) is 6.20 Å². The summed E-state index contributed by atoms with van der Waals surface area (Å²) in [6.45, 7) is 2.21. The molecule has 2 heterocycles. The Morgan fingerprint density at radius 1 is 1.65 bits per heavy atom. The molecule has 0 aliphatic carbocycles. The molecule has 1 saturated heterocycles. The maximum absolute atomic E-state index is 11.0. The van der Waals surface area contributed by atoms with Crippen LogP contribution in [-0.4, -0.2) is 28.4 Å². The summed E-state index contributed by atoms with van der Waals surface area (Å²) >= 11 is 0. The lowest BCUT2D eigenvalue weighted by Gasteiger charge is -2.11. The normalized spacial score (nSPS) is 18.9. The van der Waals surface area contributed by atoms with Crippen LogP contribution in [0.25, 0.3) is 0 Å². The van der Waals surface area contributed by atoms with Crippen molar-refractivity contribution in [3.63, 3.8) is 0 Å². The zero-order valence-electron chi connectivity index (χ0n) is 9.27. The number of hydrogen-bond acceptors (Lipinski definition) is 5. The summed E-state index contributed by atoms with van der Waals surface area (Å²) in [7, 11) is 0. The molecule has 1 aromatic rings. The van der Waals surface area contributed by atoms with Crippen molar-refractivity contribution in [1.82, 2.24) is 10.3 Å². The molecule has 1 unspecified atom stereocenters. The minimum Gasteiger partial charge on any atom is -0.365 e. The average Bonchev–Trinajstić information content (AvgIpc) is 2.63. The van der Waals surface area contributed by atoms with Crippen molar-refractivity contribution < 1.29 is 9.72 Å². The molecule has 90 valence electrons. The molecule has 0 bridgehead atoms. The van der Waals surface area contributed by atoms with E-state index in [4.69, 9.17) is 0 Å². The standard InChI is InChI=1S/C10H12N4O3/c1-6-2-9(11-5-8(6)14(16)17)13-7-3-10(15)12-4-7/h2,5,7H,3-4H2,1H3,(H,11,13)(H,12,15). The first-order valence-electron chi connectivity index (χ1n) is 5.20. The Morgan fingerprint density at radius 2 is 2.41 bits per heavy atom. The molecule has 7 nitrogen and oxygen atoms in total. The molecular formula is C10H12N4O3. The largest absolute Gasteiger partial charge is 0.365 e. The Kier molecular flexibility index (Phi) is 2.90. The summed E-state index contributed by atoms with van der Waals surface area (Å²) in [5, 5.41) is 16.4. The highest BCUT2D eigenvalue weighted by Crippen LogP contribution is 2.19. The molecule has 0 aromatic carbocycles. The van der Waals surface area contributed by atoms with Crippen LogP contribution in [0.2, 0.25) is 0 Å². The summed E-state index contributed by atoms with van der Waals surface area (Å²) in [5.41, 5.74) is 0.543. The van der Waals surface area contributed by atoms with Gasteiger partial charge in [0.25, 0.3) is 5.69 Å². The lowest BCUT2D eigenvalue weighted by Crippen LogP contribution is -2.22. The lowest BCUT2D eigenvalue weighted by molar-refractivity contribution is -0.385. The summed E-state index contributed by atoms with van der Waals surface area (Å²) in [5.74, 6) is 0.552. The van der Waals surface area contributed by atoms with E-state index < -0.39 is 4.92 Å². The molecule has 2 N–H and O–H groups in total. The number of nitrogens with zero attached hydrogens (tertiary/aromatic N) is 2. The number of pyridine rings is 1. The van der Waals surface area contributed by atoms with Crippen LogP contribution in [0, 0.1) is 17.0 Å². The van der Waals surface area contributed by atoms with Crippen LogP contribution in [0.4, 0.5) is 11.5 Å². The molecule has 7 heteroatoms. The summed E-state index contributed by atoms with van der Waals surface area (Å²) in [6, 6.07) is 1.61. The molecule has 0 spiro atoms. The molecule has 1 aromatic heterocycles. The van der Waals surface area contributed by atoms with Crippen molar-refractivity contribution in [3.8, 4) is 0 Å². The zero-order valence-corrected chi connectivity index (χ0v) is 9.27. The molecule has 0 radical (unpaired) electrons. The van der Waals surface area contributed by atoms with Gasteiger partial charge in [0, 0.05) is 18.5 Å². The highest BCUT2D eigenvalue weighted by Gasteiger charge is 2.22. The molecule has 1 aliphatic heterocycles. The third-order valence-electron chi connectivity index (χ3n) is 2.61. The number of aromatic nitrogens is 1. The van der Waals surface area contributed by atoms with Gasteiger partial charge in [-0.05, 0) is 13.0 Å². The number of anilines is 1. The van der Waals surface area contributed by atoms with Crippen molar-refractivity contribution in [2.24, 2.45) is 0 Å². The fraction of sp³-hybridized carbons (Fsp3) is 0.400. The fourth-order valence-corrected chi connectivity index (χ4v) is 1.74. The zero-order chi connectivity index (χ0) is 12.4. The fourth-order valence-electron chi connectivity index (χ4n) is 1.74. The molecule has 2 rings (SSSR count). The highest BCUT2D eigenvalue weighted by molar-refractivity contribution is 5.79. The Bertz CT molecular complexity index is 475. The van der Waals surface area contributed by atoms with Gasteiger partial charge < -0.3 is 10.6 Å². The Labute approximate surface area is 97.4 Å². The second-order valence-corrected chi connectivity index (χ2v) is 3.96. The molecule has 1 atom stereocenters. The van der Waals surface area contributed by atoms with E-state index in [2.05, 4.69) is 15.6 Å². The van der Waals surface area contributed by atoms with Crippen LogP contribution >= 0.6 is 0 Å². The SMILES string of the molecule is Cc1cc(NC2CNC(=O)C2)ncc1[N+](=O)[O-]. The van der Waals surface area contributed by atoms with Gasteiger partial charge in [0.15, 0.2) is 0 Å². The number of nitro groups is 1. The van der Waals surface area contributed by atoms with E-state index in [0.717, 1.165) is 0 Å². The third-order valence-corrected chi connectivity index (χ3v) is 2.61. The quantitative estimate of drug-likeness (QED) is 0.591. The predicted octanol–water partition coefficient (Wildman–Crippen LogP) is 0.599. The van der Waals surface area contributed by atoms with Crippen molar-refractivity contribution in [2.75, 3.05) is 11.9 Å².